The molecule has 2 aromatic carbocycles. The molecule has 158 valence electrons. The number of benzene rings is 2. The Morgan fingerprint density at radius 3 is 2.45 bits per heavy atom. The zero-order chi connectivity index (χ0) is 22.0. The summed E-state index contributed by atoms with van der Waals surface area (Å²) in [4.78, 5) is 13.2. The molecule has 0 bridgehead atoms. The molecule has 31 heavy (non-hydrogen) atoms. The van der Waals surface area contributed by atoms with Crippen molar-refractivity contribution in [3.8, 4) is 16.9 Å². The first kappa shape index (κ1) is 21.9. The predicted molar refractivity (Wildman–Crippen MR) is 127 cm³/mol. The van der Waals surface area contributed by atoms with Gasteiger partial charge in [0.2, 0.25) is 0 Å². The Kier molecular flexibility index (Phi) is 6.70. The number of rotatable bonds is 5. The van der Waals surface area contributed by atoms with E-state index < -0.39 is 0 Å². The lowest BCUT2D eigenvalue weighted by Crippen LogP contribution is -2.45. The number of hydrogen-bond donors (Lipinski definition) is 1. The summed E-state index contributed by atoms with van der Waals surface area (Å²) in [7, 11) is 5.89. The number of aromatic nitrogens is 2. The van der Waals surface area contributed by atoms with Gasteiger partial charge in [0.25, 0.3) is 5.91 Å². The first-order valence-electron chi connectivity index (χ1n) is 10.5. The van der Waals surface area contributed by atoms with Crippen LogP contribution in [0.25, 0.3) is 16.9 Å². The first-order chi connectivity index (χ1) is 15.0. The summed E-state index contributed by atoms with van der Waals surface area (Å²) in [5.74, 6) is -0.209. The molecule has 3 aromatic rings. The molecule has 1 aliphatic heterocycles. The number of amides is 1. The fourth-order valence-electron chi connectivity index (χ4n) is 3.93. The summed E-state index contributed by atoms with van der Waals surface area (Å²) in [6.45, 7) is 3.72. The second-order valence-electron chi connectivity index (χ2n) is 7.65. The van der Waals surface area contributed by atoms with E-state index in [0.717, 1.165) is 42.8 Å². The maximum absolute atomic E-state index is 13.2. The minimum absolute atomic E-state index is 0.209. The van der Waals surface area contributed by atoms with Crippen molar-refractivity contribution in [2.45, 2.75) is 32.6 Å². The monoisotopic (exact) mass is 452 g/mol. The SMILES string of the molecule is [B]c1ccc(-c2c(CC)c(C(=O)NN3CCCCC3)nn2-c2ccc(Cl)cc2Cl)cc1. The van der Waals surface area contributed by atoms with Crippen molar-refractivity contribution in [3.05, 3.63) is 63.8 Å². The molecule has 4 rings (SSSR count). The molecule has 1 fully saturated rings. The number of carbonyl (C=O) groups is 1. The molecule has 0 aliphatic carbocycles. The van der Waals surface area contributed by atoms with Gasteiger partial charge in [-0.3, -0.25) is 10.2 Å². The Bertz CT molecular complexity index is 1090. The topological polar surface area (TPSA) is 50.2 Å². The summed E-state index contributed by atoms with van der Waals surface area (Å²) in [5.41, 5.74) is 7.32. The van der Waals surface area contributed by atoms with Gasteiger partial charge in [-0.25, -0.2) is 9.69 Å². The summed E-state index contributed by atoms with van der Waals surface area (Å²) >= 11 is 12.6. The quantitative estimate of drug-likeness (QED) is 0.586. The van der Waals surface area contributed by atoms with E-state index in [0.29, 0.717) is 33.3 Å². The first-order valence-corrected chi connectivity index (χ1v) is 11.2. The summed E-state index contributed by atoms with van der Waals surface area (Å²) in [5, 5.41) is 7.69. The van der Waals surface area contributed by atoms with Crippen LogP contribution in [0, 0.1) is 0 Å². The Morgan fingerprint density at radius 2 is 1.81 bits per heavy atom. The molecule has 0 spiro atoms. The van der Waals surface area contributed by atoms with Crippen LogP contribution in [0.1, 0.15) is 42.2 Å². The van der Waals surface area contributed by atoms with Gasteiger partial charge < -0.3 is 0 Å². The Balaban J connectivity index is 1.84. The minimum atomic E-state index is -0.209. The van der Waals surface area contributed by atoms with E-state index in [9.17, 15) is 4.79 Å². The fraction of sp³-hybridized carbons (Fsp3) is 0.304. The van der Waals surface area contributed by atoms with Crippen LogP contribution in [0.15, 0.2) is 42.5 Å². The molecule has 1 aromatic heterocycles. The number of piperidine rings is 1. The van der Waals surface area contributed by atoms with Crippen LogP contribution in [0.2, 0.25) is 10.0 Å². The van der Waals surface area contributed by atoms with Crippen molar-refractivity contribution in [1.29, 1.82) is 0 Å². The van der Waals surface area contributed by atoms with Crippen LogP contribution in [0.5, 0.6) is 0 Å². The van der Waals surface area contributed by atoms with Crippen LogP contribution in [0.4, 0.5) is 0 Å². The Labute approximate surface area is 193 Å². The number of nitrogens with one attached hydrogen (secondary N) is 1. The highest BCUT2D eigenvalue weighted by Crippen LogP contribution is 2.33. The van der Waals surface area contributed by atoms with E-state index in [1.165, 1.54) is 6.42 Å². The van der Waals surface area contributed by atoms with Gasteiger partial charge in [-0.2, -0.15) is 5.10 Å². The van der Waals surface area contributed by atoms with Gasteiger partial charge in [0.1, 0.15) is 7.85 Å². The standard InChI is InChI=1S/C23H23BCl2N4O/c1-2-18-21(23(31)28-29-12-4-3-5-13-29)27-30(20-11-10-17(25)14-19(20)26)22(18)15-6-8-16(24)9-7-15/h6-11,14H,2-5,12-13H2,1H3,(H,28,31). The second-order valence-corrected chi connectivity index (χ2v) is 8.49. The average molecular weight is 453 g/mol. The molecule has 1 amide bonds. The lowest BCUT2D eigenvalue weighted by molar-refractivity contribution is 0.0743. The summed E-state index contributed by atoms with van der Waals surface area (Å²) in [6.07, 6.45) is 3.98. The molecule has 2 radical (unpaired) electrons. The van der Waals surface area contributed by atoms with Crippen molar-refractivity contribution < 1.29 is 4.79 Å². The Hall–Kier alpha value is -2.28. The predicted octanol–water partition coefficient (Wildman–Crippen LogP) is 4.33. The molecule has 0 unspecified atom stereocenters. The van der Waals surface area contributed by atoms with Crippen LogP contribution in [-0.4, -0.2) is 41.6 Å². The smallest absolute Gasteiger partial charge is 0.283 e. The number of hydrogen-bond acceptors (Lipinski definition) is 3. The molecule has 0 saturated carbocycles. The highest BCUT2D eigenvalue weighted by atomic mass is 35.5. The molecule has 0 atom stereocenters. The summed E-state index contributed by atoms with van der Waals surface area (Å²) in [6, 6.07) is 12.8. The van der Waals surface area contributed by atoms with Crippen molar-refractivity contribution in [3.63, 3.8) is 0 Å². The molecule has 8 heteroatoms. The van der Waals surface area contributed by atoms with Crippen LogP contribution in [-0.2, 0) is 6.42 Å². The lowest BCUT2D eigenvalue weighted by atomic mass is 9.93. The van der Waals surface area contributed by atoms with E-state index in [-0.39, 0.29) is 5.91 Å². The van der Waals surface area contributed by atoms with Crippen LogP contribution < -0.4 is 10.9 Å². The zero-order valence-corrected chi connectivity index (χ0v) is 18.9. The van der Waals surface area contributed by atoms with Crippen LogP contribution in [0.3, 0.4) is 0 Å². The van der Waals surface area contributed by atoms with Gasteiger partial charge in [-0.15, -0.1) is 0 Å². The lowest BCUT2D eigenvalue weighted by Gasteiger charge is -2.26. The molecule has 1 N–H and O–H groups in total. The third-order valence-electron chi connectivity index (χ3n) is 5.49. The van der Waals surface area contributed by atoms with Crippen molar-refractivity contribution in [2.24, 2.45) is 0 Å². The second kappa shape index (κ2) is 9.47. The molecular formula is C23H23BCl2N4O. The molecule has 5 nitrogen and oxygen atoms in total. The molecule has 1 aliphatic rings. The van der Waals surface area contributed by atoms with Gasteiger partial charge >= 0.3 is 0 Å². The Morgan fingerprint density at radius 1 is 1.10 bits per heavy atom. The number of carbonyl (C=O) groups excluding carboxylic acids is 1. The van der Waals surface area contributed by atoms with Crippen molar-refractivity contribution in [2.75, 3.05) is 13.1 Å². The van der Waals surface area contributed by atoms with Gasteiger partial charge in [-0.05, 0) is 37.5 Å². The normalized spacial score (nSPS) is 14.5. The third-order valence-corrected chi connectivity index (χ3v) is 6.03. The van der Waals surface area contributed by atoms with Gasteiger partial charge in [0, 0.05) is 29.2 Å². The van der Waals surface area contributed by atoms with E-state index in [4.69, 9.17) is 36.1 Å². The number of halogens is 2. The molecule has 1 saturated heterocycles. The molecule has 2 heterocycles. The van der Waals surface area contributed by atoms with Crippen molar-refractivity contribution in [1.82, 2.24) is 20.2 Å². The highest BCUT2D eigenvalue weighted by molar-refractivity contribution is 6.35. The van der Waals surface area contributed by atoms with Gasteiger partial charge in [0.15, 0.2) is 5.69 Å². The number of nitrogens with zero attached hydrogens (tertiary/aromatic N) is 3. The van der Waals surface area contributed by atoms with E-state index in [2.05, 4.69) is 5.43 Å². The zero-order valence-electron chi connectivity index (χ0n) is 17.4. The molecular weight excluding hydrogens is 430 g/mol. The largest absolute Gasteiger partial charge is 0.286 e. The highest BCUT2D eigenvalue weighted by Gasteiger charge is 2.26. The maximum atomic E-state index is 13.2. The van der Waals surface area contributed by atoms with Crippen molar-refractivity contribution >= 4 is 42.4 Å². The minimum Gasteiger partial charge on any atom is -0.283 e. The summed E-state index contributed by atoms with van der Waals surface area (Å²) < 4.78 is 1.73. The fourth-order valence-corrected chi connectivity index (χ4v) is 4.42. The number of hydrazine groups is 1. The van der Waals surface area contributed by atoms with E-state index in [1.54, 1.807) is 16.8 Å². The third kappa shape index (κ3) is 4.66. The maximum Gasteiger partial charge on any atom is 0.286 e. The van der Waals surface area contributed by atoms with E-state index >= 15 is 0 Å². The van der Waals surface area contributed by atoms with E-state index in [1.807, 2.05) is 42.3 Å². The van der Waals surface area contributed by atoms with Gasteiger partial charge in [0.05, 0.1) is 16.4 Å². The van der Waals surface area contributed by atoms with Crippen LogP contribution >= 0.6 is 23.2 Å². The average Bonchev–Trinajstić information content (AvgIpc) is 3.14. The van der Waals surface area contributed by atoms with Gasteiger partial charge in [-0.1, -0.05) is 66.3 Å².